The third kappa shape index (κ3) is 5.55. The first-order chi connectivity index (χ1) is 31.2. The molecule has 294 valence electrons. The van der Waals surface area contributed by atoms with Gasteiger partial charge in [0.2, 0.25) is 0 Å². The van der Waals surface area contributed by atoms with Crippen LogP contribution in [0.1, 0.15) is 0 Å². The number of furan rings is 2. The number of benzene rings is 9. The van der Waals surface area contributed by atoms with Crippen LogP contribution >= 0.6 is 0 Å². The normalized spacial score (nSPS) is 11.8. The van der Waals surface area contributed by atoms with Gasteiger partial charge in [0, 0.05) is 49.4 Å². The Morgan fingerprint density at radius 2 is 0.794 bits per heavy atom. The summed E-state index contributed by atoms with van der Waals surface area (Å²) in [7, 11) is 0. The second kappa shape index (κ2) is 14.0. The highest BCUT2D eigenvalue weighted by molar-refractivity contribution is 6.29. The van der Waals surface area contributed by atoms with Crippen molar-refractivity contribution in [1.29, 1.82) is 0 Å². The molecule has 0 saturated heterocycles. The Labute approximate surface area is 361 Å². The first-order valence-corrected chi connectivity index (χ1v) is 21.1. The zero-order valence-corrected chi connectivity index (χ0v) is 33.7. The van der Waals surface area contributed by atoms with E-state index in [-0.39, 0.29) is 0 Å². The minimum Gasteiger partial charge on any atom is -0.455 e. The fourth-order valence-electron chi connectivity index (χ4n) is 9.41. The number of aromatic nitrogens is 4. The average molecular weight is 807 g/mol. The first-order valence-electron chi connectivity index (χ1n) is 21.1. The fourth-order valence-corrected chi connectivity index (χ4v) is 9.41. The molecule has 0 bridgehead atoms. The summed E-state index contributed by atoms with van der Waals surface area (Å²) < 4.78 is 15.9. The van der Waals surface area contributed by atoms with Crippen molar-refractivity contribution < 1.29 is 8.83 Å². The van der Waals surface area contributed by atoms with Crippen molar-refractivity contribution in [2.24, 2.45) is 0 Å². The lowest BCUT2D eigenvalue weighted by Gasteiger charge is -2.21. The van der Waals surface area contributed by atoms with Crippen LogP contribution in [0.4, 0.5) is 0 Å². The van der Waals surface area contributed by atoms with Crippen LogP contribution in [0.3, 0.4) is 0 Å². The predicted molar refractivity (Wildman–Crippen MR) is 256 cm³/mol. The van der Waals surface area contributed by atoms with E-state index < -0.39 is 0 Å². The molecule has 13 aromatic rings. The topological polar surface area (TPSA) is 69.9 Å². The summed E-state index contributed by atoms with van der Waals surface area (Å²) in [5, 5.41) is 6.31. The van der Waals surface area contributed by atoms with Crippen LogP contribution < -0.4 is 0 Å². The van der Waals surface area contributed by atoms with E-state index in [0.29, 0.717) is 17.5 Å². The molecule has 4 aromatic heterocycles. The monoisotopic (exact) mass is 806 g/mol. The van der Waals surface area contributed by atoms with Crippen molar-refractivity contribution in [3.05, 3.63) is 206 Å². The Bertz CT molecular complexity index is 3770. The molecule has 0 aliphatic rings. The van der Waals surface area contributed by atoms with Crippen LogP contribution in [0.25, 0.3) is 128 Å². The van der Waals surface area contributed by atoms with Crippen LogP contribution in [0.15, 0.2) is 215 Å². The van der Waals surface area contributed by atoms with Crippen molar-refractivity contribution in [3.8, 4) is 62.1 Å². The molecule has 0 unspecified atom stereocenters. The van der Waals surface area contributed by atoms with E-state index in [1.54, 1.807) is 0 Å². The zero-order chi connectivity index (χ0) is 41.4. The Morgan fingerprint density at radius 3 is 1.41 bits per heavy atom. The van der Waals surface area contributed by atoms with Crippen molar-refractivity contribution in [2.75, 3.05) is 0 Å². The maximum absolute atomic E-state index is 6.93. The van der Waals surface area contributed by atoms with Gasteiger partial charge in [0.15, 0.2) is 17.5 Å². The molecular formula is C57H34N4O2. The number of fused-ring (bicyclic) bond motifs is 11. The number of hydrogen-bond donors (Lipinski definition) is 0. The molecule has 6 nitrogen and oxygen atoms in total. The molecule has 9 aromatic carbocycles. The Balaban J connectivity index is 1.13. The largest absolute Gasteiger partial charge is 0.455 e. The molecule has 0 amide bonds. The molecular weight excluding hydrogens is 773 g/mol. The Kier molecular flexibility index (Phi) is 7.80. The Morgan fingerprint density at radius 1 is 0.317 bits per heavy atom. The quantitative estimate of drug-likeness (QED) is 0.167. The molecule has 0 aliphatic carbocycles. The lowest BCUT2D eigenvalue weighted by molar-refractivity contribution is 0.665. The number of para-hydroxylation sites is 2. The summed E-state index contributed by atoms with van der Waals surface area (Å²) in [4.78, 5) is 15.4. The maximum atomic E-state index is 6.93. The second-order valence-corrected chi connectivity index (χ2v) is 15.9. The minimum atomic E-state index is 0.590. The molecule has 0 atom stereocenters. The number of nitrogens with zero attached hydrogens (tertiary/aromatic N) is 4. The predicted octanol–water partition coefficient (Wildman–Crippen LogP) is 15.1. The molecule has 0 radical (unpaired) electrons. The van der Waals surface area contributed by atoms with Gasteiger partial charge in [-0.1, -0.05) is 158 Å². The van der Waals surface area contributed by atoms with E-state index in [4.69, 9.17) is 23.8 Å². The zero-order valence-electron chi connectivity index (χ0n) is 33.7. The molecule has 0 spiro atoms. The molecule has 0 fully saturated rings. The molecule has 0 saturated carbocycles. The highest BCUT2D eigenvalue weighted by atomic mass is 16.3. The van der Waals surface area contributed by atoms with Gasteiger partial charge in [0.1, 0.15) is 22.3 Å². The molecule has 6 heteroatoms. The highest BCUT2D eigenvalue weighted by Gasteiger charge is 2.26. The van der Waals surface area contributed by atoms with Gasteiger partial charge in [0.05, 0.1) is 27.5 Å². The first kappa shape index (κ1) is 35.2. The van der Waals surface area contributed by atoms with E-state index in [0.717, 1.165) is 110 Å². The van der Waals surface area contributed by atoms with Crippen molar-refractivity contribution >= 4 is 65.7 Å². The van der Waals surface area contributed by atoms with E-state index in [9.17, 15) is 0 Å². The fraction of sp³-hybridized carbons (Fsp3) is 0. The summed E-state index contributed by atoms with van der Waals surface area (Å²) in [6.45, 7) is 0. The second-order valence-electron chi connectivity index (χ2n) is 15.9. The lowest BCUT2D eigenvalue weighted by Crippen LogP contribution is -2.04. The minimum absolute atomic E-state index is 0.590. The lowest BCUT2D eigenvalue weighted by atomic mass is 9.92. The summed E-state index contributed by atoms with van der Waals surface area (Å²) in [6, 6.07) is 71.5. The SMILES string of the molecule is c1ccc(-c2nc(-c3ccccc3)nc(-c3cc(-c4ccccc4)c(-n4c5ccccc5c5c6oc7ccc8c9ccccc9oc8c7c6ccc54)c(-c4ccccc4)c3)n2)cc1. The summed E-state index contributed by atoms with van der Waals surface area (Å²) in [6.07, 6.45) is 0. The average Bonchev–Trinajstić information content (AvgIpc) is 4.04. The molecule has 4 heterocycles. The van der Waals surface area contributed by atoms with Gasteiger partial charge in [-0.05, 0) is 59.7 Å². The van der Waals surface area contributed by atoms with E-state index >= 15 is 0 Å². The van der Waals surface area contributed by atoms with Crippen LogP contribution in [0.5, 0.6) is 0 Å². The van der Waals surface area contributed by atoms with E-state index in [1.165, 1.54) is 0 Å². The van der Waals surface area contributed by atoms with Gasteiger partial charge in [-0.25, -0.2) is 15.0 Å². The van der Waals surface area contributed by atoms with Gasteiger partial charge < -0.3 is 13.4 Å². The molecule has 0 aliphatic heterocycles. The Hall–Kier alpha value is -8.61. The van der Waals surface area contributed by atoms with Gasteiger partial charge in [-0.15, -0.1) is 0 Å². The summed E-state index contributed by atoms with van der Waals surface area (Å²) >= 11 is 0. The van der Waals surface area contributed by atoms with Gasteiger partial charge in [-0.2, -0.15) is 0 Å². The van der Waals surface area contributed by atoms with Crippen molar-refractivity contribution in [1.82, 2.24) is 19.5 Å². The van der Waals surface area contributed by atoms with Crippen molar-refractivity contribution in [3.63, 3.8) is 0 Å². The van der Waals surface area contributed by atoms with E-state index in [1.807, 2.05) is 72.8 Å². The standard InChI is InChI=1S/C57H34N4O2/c1-5-17-35(18-6-1)44-33-39(57-59-55(37-21-9-3-10-22-37)58-56(60-57)38-23-11-4-12-24-38)34-45(36-19-7-2-8-20-36)52(44)61-46-27-15-13-26-42(46)50-47(61)31-29-43-51-49(63-54(43)50)32-30-41-40-25-14-16-28-48(40)62-53(41)51/h1-34H. The summed E-state index contributed by atoms with van der Waals surface area (Å²) in [5.74, 6) is 1.82. The van der Waals surface area contributed by atoms with Gasteiger partial charge in [0.25, 0.3) is 0 Å². The summed E-state index contributed by atoms with van der Waals surface area (Å²) in [5.41, 5.74) is 13.4. The van der Waals surface area contributed by atoms with E-state index in [2.05, 4.69) is 138 Å². The number of hydrogen-bond acceptors (Lipinski definition) is 5. The van der Waals surface area contributed by atoms with Crippen LogP contribution in [0, 0.1) is 0 Å². The van der Waals surface area contributed by atoms with Gasteiger partial charge in [-0.3, -0.25) is 0 Å². The maximum Gasteiger partial charge on any atom is 0.164 e. The smallest absolute Gasteiger partial charge is 0.164 e. The van der Waals surface area contributed by atoms with Crippen LogP contribution in [0.2, 0.25) is 0 Å². The number of rotatable bonds is 6. The highest BCUT2D eigenvalue weighted by Crippen LogP contribution is 2.47. The van der Waals surface area contributed by atoms with Crippen LogP contribution in [-0.2, 0) is 0 Å². The van der Waals surface area contributed by atoms with Gasteiger partial charge >= 0.3 is 0 Å². The van der Waals surface area contributed by atoms with Crippen LogP contribution in [-0.4, -0.2) is 19.5 Å². The molecule has 13 rings (SSSR count). The molecule has 63 heavy (non-hydrogen) atoms. The third-order valence-corrected chi connectivity index (χ3v) is 12.2. The van der Waals surface area contributed by atoms with Crippen molar-refractivity contribution in [2.45, 2.75) is 0 Å². The third-order valence-electron chi connectivity index (χ3n) is 12.2. The molecule has 0 N–H and O–H groups in total.